The highest BCUT2D eigenvalue weighted by molar-refractivity contribution is 5.90. The summed E-state index contributed by atoms with van der Waals surface area (Å²) in [6.07, 6.45) is 5.11. The Morgan fingerprint density at radius 1 is 1.29 bits per heavy atom. The highest BCUT2D eigenvalue weighted by Gasteiger charge is 2.27. The van der Waals surface area contributed by atoms with Crippen molar-refractivity contribution in [1.29, 1.82) is 0 Å². The predicted molar refractivity (Wildman–Crippen MR) is 121 cm³/mol. The van der Waals surface area contributed by atoms with Crippen molar-refractivity contribution in [3.8, 4) is 0 Å². The van der Waals surface area contributed by atoms with Gasteiger partial charge in [-0.3, -0.25) is 4.68 Å². The Morgan fingerprint density at radius 3 is 2.84 bits per heavy atom. The number of ether oxygens (including phenoxy) is 1. The second-order valence-corrected chi connectivity index (χ2v) is 7.83. The van der Waals surface area contributed by atoms with Gasteiger partial charge in [-0.15, -0.1) is 0 Å². The summed E-state index contributed by atoms with van der Waals surface area (Å²) < 4.78 is 7.52. The number of fused-ring (bicyclic) bond motifs is 1. The van der Waals surface area contributed by atoms with Gasteiger partial charge in [0, 0.05) is 32.4 Å². The van der Waals surface area contributed by atoms with Crippen LogP contribution in [0.4, 0.5) is 17.6 Å². The lowest BCUT2D eigenvalue weighted by molar-refractivity contribution is 0.137. The second-order valence-electron chi connectivity index (χ2n) is 7.83. The Hall–Kier alpha value is -2.85. The Morgan fingerprint density at radius 2 is 2.16 bits per heavy atom. The van der Waals surface area contributed by atoms with Gasteiger partial charge in [0.2, 0.25) is 5.95 Å². The fourth-order valence-corrected chi connectivity index (χ4v) is 3.95. The van der Waals surface area contributed by atoms with Crippen LogP contribution in [-0.2, 0) is 17.7 Å². The van der Waals surface area contributed by atoms with Crippen molar-refractivity contribution in [3.05, 3.63) is 24.3 Å². The van der Waals surface area contributed by atoms with E-state index in [1.54, 1.807) is 6.20 Å². The molecule has 1 aliphatic rings. The molecule has 0 spiro atoms. The maximum atomic E-state index is 5.57. The van der Waals surface area contributed by atoms with Crippen LogP contribution < -0.4 is 10.2 Å². The monoisotopic (exact) mass is 425 g/mol. The van der Waals surface area contributed by atoms with Crippen LogP contribution in [0.2, 0.25) is 0 Å². The first-order chi connectivity index (χ1) is 15.1. The number of anilines is 3. The highest BCUT2D eigenvalue weighted by atomic mass is 16.5. The minimum atomic E-state index is 0.382. The molecule has 10 heteroatoms. The number of hydrogen-bond acceptors (Lipinski definition) is 9. The lowest BCUT2D eigenvalue weighted by Crippen LogP contribution is -2.35. The molecule has 0 bridgehead atoms. The van der Waals surface area contributed by atoms with E-state index in [9.17, 15) is 0 Å². The zero-order valence-corrected chi connectivity index (χ0v) is 18.7. The fraction of sp³-hybridized carbons (Fsp3) is 0.571. The first-order valence-electron chi connectivity index (χ1n) is 10.9. The lowest BCUT2D eigenvalue weighted by atomic mass is 10.2. The van der Waals surface area contributed by atoms with E-state index in [2.05, 4.69) is 46.1 Å². The molecule has 0 aromatic carbocycles. The molecular formula is C21H31N9O. The van der Waals surface area contributed by atoms with E-state index in [0.717, 1.165) is 42.7 Å². The number of aromatic nitrogens is 6. The topological polar surface area (TPSA) is 97.1 Å². The molecule has 0 amide bonds. The Balaban J connectivity index is 1.79. The van der Waals surface area contributed by atoms with Crippen molar-refractivity contribution in [1.82, 2.24) is 34.6 Å². The maximum Gasteiger partial charge on any atom is 0.228 e. The Bertz CT molecular complexity index is 1010. The predicted octanol–water partition coefficient (Wildman–Crippen LogP) is 2.10. The minimum Gasteiger partial charge on any atom is -0.380 e. The average molecular weight is 426 g/mol. The van der Waals surface area contributed by atoms with Gasteiger partial charge in [-0.2, -0.15) is 10.1 Å². The molecule has 166 valence electrons. The summed E-state index contributed by atoms with van der Waals surface area (Å²) in [6.45, 7) is 8.07. The molecule has 0 saturated carbocycles. The Kier molecular flexibility index (Phi) is 6.57. The van der Waals surface area contributed by atoms with Crippen molar-refractivity contribution in [2.75, 3.05) is 50.6 Å². The molecule has 10 nitrogen and oxygen atoms in total. The largest absolute Gasteiger partial charge is 0.380 e. The van der Waals surface area contributed by atoms with Crippen molar-refractivity contribution in [2.45, 2.75) is 39.3 Å². The van der Waals surface area contributed by atoms with Crippen molar-refractivity contribution < 1.29 is 4.74 Å². The van der Waals surface area contributed by atoms with Gasteiger partial charge in [-0.25, -0.2) is 15.0 Å². The van der Waals surface area contributed by atoms with E-state index in [0.29, 0.717) is 43.4 Å². The summed E-state index contributed by atoms with van der Waals surface area (Å²) in [6, 6.07) is 2.21. The standard InChI is InChI=1S/C21H31N9O/c1-5-16-18-19(30(27-16)11-12-31-6-2)20(24-17-7-9-22-14-23-17)26-21(25-18)29(4)15-8-10-28(3)13-15/h7,9,14-15H,5-6,8,10-13H2,1-4H3,(H,22,23,24,25,26)/t15-/m0/s1. The maximum absolute atomic E-state index is 5.57. The van der Waals surface area contributed by atoms with Crippen LogP contribution >= 0.6 is 0 Å². The van der Waals surface area contributed by atoms with Gasteiger partial charge in [0.1, 0.15) is 23.2 Å². The first-order valence-corrected chi connectivity index (χ1v) is 10.9. The smallest absolute Gasteiger partial charge is 0.228 e. The van der Waals surface area contributed by atoms with Crippen LogP contribution in [0, 0.1) is 0 Å². The third-order valence-electron chi connectivity index (χ3n) is 5.69. The van der Waals surface area contributed by atoms with Gasteiger partial charge >= 0.3 is 0 Å². The zero-order chi connectivity index (χ0) is 21.8. The summed E-state index contributed by atoms with van der Waals surface area (Å²) in [4.78, 5) is 22.7. The van der Waals surface area contributed by atoms with Gasteiger partial charge in [0.15, 0.2) is 5.82 Å². The van der Waals surface area contributed by atoms with E-state index in [-0.39, 0.29) is 0 Å². The van der Waals surface area contributed by atoms with E-state index in [4.69, 9.17) is 19.8 Å². The number of likely N-dealkylation sites (tertiary alicyclic amines) is 1. The van der Waals surface area contributed by atoms with Crippen LogP contribution in [0.15, 0.2) is 18.6 Å². The summed E-state index contributed by atoms with van der Waals surface area (Å²) in [5, 5.41) is 8.20. The number of nitrogens with one attached hydrogen (secondary N) is 1. The van der Waals surface area contributed by atoms with Crippen LogP contribution in [0.25, 0.3) is 11.0 Å². The molecular weight excluding hydrogens is 394 g/mol. The summed E-state index contributed by atoms with van der Waals surface area (Å²) in [5.74, 6) is 2.07. The molecule has 0 unspecified atom stereocenters. The number of hydrogen-bond donors (Lipinski definition) is 1. The molecule has 3 aromatic rings. The zero-order valence-electron chi connectivity index (χ0n) is 18.7. The first kappa shape index (κ1) is 21.4. The molecule has 4 rings (SSSR count). The van der Waals surface area contributed by atoms with Gasteiger partial charge in [-0.1, -0.05) is 6.92 Å². The normalized spacial score (nSPS) is 16.8. The molecule has 1 aliphatic heterocycles. The van der Waals surface area contributed by atoms with Crippen LogP contribution in [-0.4, -0.2) is 81.1 Å². The number of rotatable bonds is 9. The van der Waals surface area contributed by atoms with Crippen molar-refractivity contribution in [3.63, 3.8) is 0 Å². The molecule has 1 atom stereocenters. The highest BCUT2D eigenvalue weighted by Crippen LogP contribution is 2.29. The summed E-state index contributed by atoms with van der Waals surface area (Å²) in [7, 11) is 4.22. The van der Waals surface area contributed by atoms with Gasteiger partial charge < -0.3 is 19.9 Å². The molecule has 4 heterocycles. The van der Waals surface area contributed by atoms with E-state index < -0.39 is 0 Å². The molecule has 0 aliphatic carbocycles. The second kappa shape index (κ2) is 9.52. The number of likely N-dealkylation sites (N-methyl/N-ethyl adjacent to an activating group) is 2. The number of aryl methyl sites for hydroxylation is 1. The fourth-order valence-electron chi connectivity index (χ4n) is 3.95. The van der Waals surface area contributed by atoms with Crippen molar-refractivity contribution in [2.24, 2.45) is 0 Å². The average Bonchev–Trinajstić information content (AvgIpc) is 3.37. The third-order valence-corrected chi connectivity index (χ3v) is 5.69. The van der Waals surface area contributed by atoms with Gasteiger partial charge in [0.25, 0.3) is 0 Å². The molecule has 3 aromatic heterocycles. The van der Waals surface area contributed by atoms with Crippen LogP contribution in [0.3, 0.4) is 0 Å². The van der Waals surface area contributed by atoms with E-state index in [1.807, 2.05) is 17.7 Å². The van der Waals surface area contributed by atoms with E-state index >= 15 is 0 Å². The minimum absolute atomic E-state index is 0.382. The molecule has 1 fully saturated rings. The summed E-state index contributed by atoms with van der Waals surface area (Å²) in [5.41, 5.74) is 2.70. The van der Waals surface area contributed by atoms with E-state index in [1.165, 1.54) is 6.33 Å². The molecule has 1 saturated heterocycles. The lowest BCUT2D eigenvalue weighted by Gasteiger charge is -2.25. The quantitative estimate of drug-likeness (QED) is 0.517. The Labute approximate surface area is 182 Å². The van der Waals surface area contributed by atoms with Crippen LogP contribution in [0.1, 0.15) is 26.0 Å². The number of nitrogens with zero attached hydrogens (tertiary/aromatic N) is 8. The van der Waals surface area contributed by atoms with Gasteiger partial charge in [-0.05, 0) is 39.4 Å². The van der Waals surface area contributed by atoms with Crippen LogP contribution in [0.5, 0.6) is 0 Å². The molecule has 0 radical (unpaired) electrons. The van der Waals surface area contributed by atoms with Crippen molar-refractivity contribution >= 4 is 28.6 Å². The van der Waals surface area contributed by atoms with Gasteiger partial charge in [0.05, 0.1) is 18.8 Å². The molecule has 1 N–H and O–H groups in total. The summed E-state index contributed by atoms with van der Waals surface area (Å²) >= 11 is 0. The molecule has 31 heavy (non-hydrogen) atoms. The SMILES string of the molecule is CCOCCn1nc(CC)c2nc(N(C)[C@H]3CCN(C)C3)nc(Nc3ccncn3)c21. The third kappa shape index (κ3) is 4.59.